The summed E-state index contributed by atoms with van der Waals surface area (Å²) in [6, 6.07) is 72.1. The first-order valence-corrected chi connectivity index (χ1v) is 21.6. The highest BCUT2D eigenvalue weighted by molar-refractivity contribution is 6.14. The standard InChI is InChI=1S/C59H42N2O/c1-3-14-39(15-4-1)41-26-30-43(31-27-41)54-38-55(61-58(60-54)44-32-28-42(29-33-44)40-16-5-2-6-17-40)47-19-13-18-45(36-47)46-34-35-53-57(37-46)62-56-25-12-11-24-52(56)59(53)50-22-9-7-20-48(50)49-21-8-10-23-51(49)59/h1-12,14-18,20-38,58,60H,13,19H2. The number of para-hydroxylation sites is 1. The van der Waals surface area contributed by atoms with Crippen molar-refractivity contribution in [2.45, 2.75) is 24.4 Å². The van der Waals surface area contributed by atoms with Crippen LogP contribution in [0.25, 0.3) is 44.7 Å². The number of nitrogens with one attached hydrogen (secondary N) is 1. The summed E-state index contributed by atoms with van der Waals surface area (Å²) in [5.74, 6) is 1.80. The van der Waals surface area contributed by atoms with E-state index in [1.807, 2.05) is 0 Å². The molecule has 294 valence electrons. The second-order valence-electron chi connectivity index (χ2n) is 16.6. The summed E-state index contributed by atoms with van der Waals surface area (Å²) in [5, 5.41) is 3.81. The highest BCUT2D eigenvalue weighted by atomic mass is 16.5. The fraction of sp³-hybridized carbons (Fsp3) is 0.0678. The molecule has 3 nitrogen and oxygen atoms in total. The van der Waals surface area contributed by atoms with Gasteiger partial charge in [-0.3, -0.25) is 4.99 Å². The van der Waals surface area contributed by atoms with E-state index in [1.165, 1.54) is 66.8 Å². The number of nitrogens with zero attached hydrogens (tertiary/aromatic N) is 1. The minimum Gasteiger partial charge on any atom is -0.457 e. The molecule has 2 aliphatic carbocycles. The van der Waals surface area contributed by atoms with Gasteiger partial charge in [-0.25, -0.2) is 0 Å². The van der Waals surface area contributed by atoms with Gasteiger partial charge in [0.2, 0.25) is 0 Å². The molecule has 4 aliphatic rings. The lowest BCUT2D eigenvalue weighted by molar-refractivity contribution is 0.436. The Balaban J connectivity index is 0.931. The summed E-state index contributed by atoms with van der Waals surface area (Å²) in [6.45, 7) is 0. The number of fused-ring (bicyclic) bond motifs is 9. The van der Waals surface area contributed by atoms with Crippen LogP contribution in [0.4, 0.5) is 0 Å². The van der Waals surface area contributed by atoms with E-state index in [-0.39, 0.29) is 6.17 Å². The van der Waals surface area contributed by atoms with E-state index >= 15 is 0 Å². The third kappa shape index (κ3) is 5.92. The third-order valence-corrected chi connectivity index (χ3v) is 13.1. The van der Waals surface area contributed by atoms with Crippen LogP contribution >= 0.6 is 0 Å². The predicted molar refractivity (Wildman–Crippen MR) is 254 cm³/mol. The molecule has 0 saturated carbocycles. The van der Waals surface area contributed by atoms with E-state index in [4.69, 9.17) is 9.73 Å². The molecular formula is C59H42N2O. The van der Waals surface area contributed by atoms with Gasteiger partial charge in [0.15, 0.2) is 0 Å². The molecule has 12 rings (SSSR count). The van der Waals surface area contributed by atoms with Crippen LogP contribution in [-0.4, -0.2) is 5.71 Å². The van der Waals surface area contributed by atoms with Crippen LogP contribution in [0, 0.1) is 0 Å². The highest BCUT2D eigenvalue weighted by Gasteiger charge is 2.50. The molecule has 1 spiro atoms. The number of aliphatic imine (C=N–C) groups is 1. The Labute approximate surface area is 362 Å². The topological polar surface area (TPSA) is 33.6 Å². The van der Waals surface area contributed by atoms with Crippen LogP contribution in [0.2, 0.25) is 0 Å². The molecule has 0 saturated heterocycles. The largest absolute Gasteiger partial charge is 0.457 e. The van der Waals surface area contributed by atoms with E-state index in [2.05, 4.69) is 224 Å². The van der Waals surface area contributed by atoms with Crippen LogP contribution in [0.1, 0.15) is 58.0 Å². The van der Waals surface area contributed by atoms with E-state index in [1.54, 1.807) is 0 Å². The predicted octanol–water partition coefficient (Wildman–Crippen LogP) is 14.4. The average Bonchev–Trinajstić information content (AvgIpc) is 3.65. The summed E-state index contributed by atoms with van der Waals surface area (Å²) >= 11 is 0. The van der Waals surface area contributed by atoms with Crippen molar-refractivity contribution >= 4 is 17.0 Å². The maximum Gasteiger partial charge on any atom is 0.145 e. The lowest BCUT2D eigenvalue weighted by Gasteiger charge is -2.39. The molecular weight excluding hydrogens is 753 g/mol. The molecule has 8 aromatic rings. The summed E-state index contributed by atoms with van der Waals surface area (Å²) in [5.41, 5.74) is 19.7. The Kier molecular flexibility index (Phi) is 8.60. The van der Waals surface area contributed by atoms with Gasteiger partial charge in [0, 0.05) is 16.8 Å². The van der Waals surface area contributed by atoms with Crippen LogP contribution in [0.15, 0.2) is 229 Å². The van der Waals surface area contributed by atoms with Crippen molar-refractivity contribution in [1.82, 2.24) is 5.32 Å². The molecule has 2 aliphatic heterocycles. The van der Waals surface area contributed by atoms with Gasteiger partial charge in [-0.15, -0.1) is 0 Å². The fourth-order valence-corrected chi connectivity index (χ4v) is 10.1. The fourth-order valence-electron chi connectivity index (χ4n) is 10.1. The number of benzene rings is 8. The molecule has 8 aromatic carbocycles. The third-order valence-electron chi connectivity index (χ3n) is 13.1. The molecule has 0 fully saturated rings. The number of allylic oxidation sites excluding steroid dienone is 5. The zero-order chi connectivity index (χ0) is 41.0. The molecule has 0 aromatic heterocycles. The molecule has 62 heavy (non-hydrogen) atoms. The molecule has 1 atom stereocenters. The van der Waals surface area contributed by atoms with Crippen LogP contribution < -0.4 is 10.1 Å². The van der Waals surface area contributed by atoms with Crippen molar-refractivity contribution in [3.05, 3.63) is 263 Å². The summed E-state index contributed by atoms with van der Waals surface area (Å²) < 4.78 is 6.88. The Hall–Kier alpha value is -7.75. The first kappa shape index (κ1) is 36.1. The van der Waals surface area contributed by atoms with Gasteiger partial charge in [-0.05, 0) is 109 Å². The quantitative estimate of drug-likeness (QED) is 0.182. The van der Waals surface area contributed by atoms with Gasteiger partial charge in [0.25, 0.3) is 0 Å². The van der Waals surface area contributed by atoms with Crippen molar-refractivity contribution in [2.24, 2.45) is 4.99 Å². The van der Waals surface area contributed by atoms with Crippen LogP contribution in [0.3, 0.4) is 0 Å². The molecule has 1 N–H and O–H groups in total. The Morgan fingerprint density at radius 1 is 0.468 bits per heavy atom. The monoisotopic (exact) mass is 794 g/mol. The lowest BCUT2D eigenvalue weighted by atomic mass is 9.66. The van der Waals surface area contributed by atoms with Crippen molar-refractivity contribution < 1.29 is 4.74 Å². The van der Waals surface area contributed by atoms with Gasteiger partial charge in [-0.2, -0.15) is 0 Å². The zero-order valence-corrected chi connectivity index (χ0v) is 34.1. The van der Waals surface area contributed by atoms with Gasteiger partial charge >= 0.3 is 0 Å². The van der Waals surface area contributed by atoms with Crippen molar-refractivity contribution in [3.63, 3.8) is 0 Å². The Morgan fingerprint density at radius 2 is 1.00 bits per heavy atom. The van der Waals surface area contributed by atoms with Gasteiger partial charge in [0.05, 0.1) is 11.1 Å². The summed E-state index contributed by atoms with van der Waals surface area (Å²) in [4.78, 5) is 5.44. The van der Waals surface area contributed by atoms with Crippen molar-refractivity contribution in [3.8, 4) is 44.9 Å². The number of hydrogen-bond donors (Lipinski definition) is 1. The maximum absolute atomic E-state index is 6.88. The number of rotatable bonds is 6. The van der Waals surface area contributed by atoms with Gasteiger partial charge in [0.1, 0.15) is 17.7 Å². The Morgan fingerprint density at radius 3 is 1.68 bits per heavy atom. The minimum atomic E-state index is -0.476. The molecule has 0 bridgehead atoms. The second kappa shape index (κ2) is 14.8. The smallest absolute Gasteiger partial charge is 0.145 e. The highest BCUT2D eigenvalue weighted by Crippen LogP contribution is 2.62. The van der Waals surface area contributed by atoms with Gasteiger partial charge < -0.3 is 10.1 Å². The molecule has 0 radical (unpaired) electrons. The molecule has 0 amide bonds. The number of ether oxygens (including phenoxy) is 1. The van der Waals surface area contributed by atoms with Crippen molar-refractivity contribution in [2.75, 3.05) is 0 Å². The van der Waals surface area contributed by atoms with E-state index in [0.29, 0.717) is 0 Å². The van der Waals surface area contributed by atoms with Gasteiger partial charge in [-0.1, -0.05) is 194 Å². The van der Waals surface area contributed by atoms with E-state index in [0.717, 1.165) is 52.4 Å². The maximum atomic E-state index is 6.88. The van der Waals surface area contributed by atoms with Crippen LogP contribution in [0.5, 0.6) is 11.5 Å². The molecule has 1 unspecified atom stereocenters. The lowest BCUT2D eigenvalue weighted by Crippen LogP contribution is -2.32. The second-order valence-corrected chi connectivity index (χ2v) is 16.6. The van der Waals surface area contributed by atoms with E-state index < -0.39 is 5.41 Å². The first-order valence-electron chi connectivity index (χ1n) is 21.6. The zero-order valence-electron chi connectivity index (χ0n) is 34.1. The normalized spacial score (nSPS) is 16.5. The molecule has 3 heteroatoms. The summed E-state index contributed by atoms with van der Waals surface area (Å²) in [6.07, 6.45) is 8.54. The number of hydrogen-bond acceptors (Lipinski definition) is 3. The minimum absolute atomic E-state index is 0.246. The van der Waals surface area contributed by atoms with Crippen molar-refractivity contribution in [1.29, 1.82) is 0 Å². The average molecular weight is 795 g/mol. The Bertz CT molecular complexity index is 3110. The van der Waals surface area contributed by atoms with Crippen LogP contribution in [-0.2, 0) is 5.41 Å². The SMILES string of the molecule is C1=C(C2=NC(c3ccc(-c4ccccc4)cc3)NC(c3ccc(-c4ccccc4)cc3)=C2)CCC=C1c1ccc2c(c1)Oc1ccccc1C21c2ccccc2-c2ccccc21. The summed E-state index contributed by atoms with van der Waals surface area (Å²) in [7, 11) is 0. The van der Waals surface area contributed by atoms with E-state index in [9.17, 15) is 0 Å². The first-order chi connectivity index (χ1) is 30.7. The molecule has 2 heterocycles.